The summed E-state index contributed by atoms with van der Waals surface area (Å²) in [6.07, 6.45) is 0. The number of methoxy groups -OCH3 is 1. The van der Waals surface area contributed by atoms with Crippen molar-refractivity contribution in [2.75, 3.05) is 7.11 Å². The van der Waals surface area contributed by atoms with Gasteiger partial charge in [-0.3, -0.25) is 0 Å². The van der Waals surface area contributed by atoms with Gasteiger partial charge in [-0.05, 0) is 49.2 Å². The molecule has 3 aromatic rings. The lowest BCUT2D eigenvalue weighted by molar-refractivity contribution is 0.415. The number of ether oxygens (including phenoxy) is 1. The first-order valence-corrected chi connectivity index (χ1v) is 8.96. The van der Waals surface area contributed by atoms with Crippen molar-refractivity contribution in [2.45, 2.75) is 24.3 Å². The highest BCUT2D eigenvalue weighted by atomic mass is 32.2. The predicted molar refractivity (Wildman–Crippen MR) is 100 cm³/mol. The molecular formula is C19H18N4OS. The van der Waals surface area contributed by atoms with Crippen molar-refractivity contribution in [2.24, 2.45) is 5.10 Å². The number of aryl methyl sites for hydroxylation is 1. The van der Waals surface area contributed by atoms with Crippen molar-refractivity contribution in [3.63, 3.8) is 0 Å². The highest BCUT2D eigenvalue weighted by Gasteiger charge is 2.26. The normalized spacial score (nSPS) is 16.3. The number of aromatic nitrogens is 3. The molecule has 1 aromatic heterocycles. The minimum atomic E-state index is 0.204. The van der Waals surface area contributed by atoms with Crippen LogP contribution in [-0.4, -0.2) is 32.9 Å². The molecule has 1 aliphatic rings. The Labute approximate surface area is 150 Å². The van der Waals surface area contributed by atoms with Gasteiger partial charge in [0.2, 0.25) is 5.16 Å². The summed E-state index contributed by atoms with van der Waals surface area (Å²) in [6, 6.07) is 16.2. The van der Waals surface area contributed by atoms with E-state index in [1.165, 1.54) is 0 Å². The molecule has 1 aliphatic heterocycles. The zero-order valence-corrected chi connectivity index (χ0v) is 15.1. The Bertz CT molecular complexity index is 946. The van der Waals surface area contributed by atoms with E-state index in [1.807, 2.05) is 41.1 Å². The van der Waals surface area contributed by atoms with E-state index in [2.05, 4.69) is 36.2 Å². The van der Waals surface area contributed by atoms with E-state index in [4.69, 9.17) is 9.84 Å². The second-order valence-electron chi connectivity index (χ2n) is 5.91. The maximum Gasteiger partial charge on any atom is 0.213 e. The number of fused-ring (bicyclic) bond motifs is 1. The molecule has 0 N–H and O–H groups in total. The van der Waals surface area contributed by atoms with Gasteiger partial charge in [-0.2, -0.15) is 9.78 Å². The molecule has 2 aromatic carbocycles. The summed E-state index contributed by atoms with van der Waals surface area (Å²) < 4.78 is 7.10. The van der Waals surface area contributed by atoms with Crippen LogP contribution >= 0.6 is 11.8 Å². The van der Waals surface area contributed by atoms with Crippen LogP contribution in [-0.2, 0) is 0 Å². The van der Waals surface area contributed by atoms with Crippen molar-refractivity contribution in [1.29, 1.82) is 0 Å². The van der Waals surface area contributed by atoms with E-state index < -0.39 is 0 Å². The van der Waals surface area contributed by atoms with Gasteiger partial charge in [0.05, 0.1) is 18.1 Å². The molecule has 2 heterocycles. The van der Waals surface area contributed by atoms with Gasteiger partial charge < -0.3 is 4.74 Å². The van der Waals surface area contributed by atoms with Crippen LogP contribution in [0.1, 0.15) is 18.1 Å². The topological polar surface area (TPSA) is 52.3 Å². The first-order valence-electron chi connectivity index (χ1n) is 8.08. The van der Waals surface area contributed by atoms with E-state index in [0.29, 0.717) is 0 Å². The summed E-state index contributed by atoms with van der Waals surface area (Å²) in [5.74, 6) is 1.62. The minimum Gasteiger partial charge on any atom is -0.497 e. The van der Waals surface area contributed by atoms with E-state index in [-0.39, 0.29) is 5.25 Å². The standard InChI is InChI=1S/C19H18N4OS/c1-12-6-4-5-7-16(12)18-20-21-19-23(18)22-17(13(2)25-19)14-8-10-15(24-3)11-9-14/h4-11,13H,1-3H3/t13-/m1/s1. The summed E-state index contributed by atoms with van der Waals surface area (Å²) in [5.41, 5.74) is 4.29. The SMILES string of the molecule is COc1ccc(C2=Nn3c(nnc3-c3ccccc3C)S[C@@H]2C)cc1. The summed E-state index contributed by atoms with van der Waals surface area (Å²) in [7, 11) is 1.67. The van der Waals surface area contributed by atoms with Crippen LogP contribution in [0, 0.1) is 6.92 Å². The average Bonchev–Trinajstić information content (AvgIpc) is 3.04. The molecule has 0 spiro atoms. The molecule has 0 bridgehead atoms. The number of thioether (sulfide) groups is 1. The fourth-order valence-corrected chi connectivity index (χ4v) is 3.80. The lowest BCUT2D eigenvalue weighted by atomic mass is 10.1. The van der Waals surface area contributed by atoms with Crippen LogP contribution in [0.15, 0.2) is 58.8 Å². The third-order valence-corrected chi connectivity index (χ3v) is 5.30. The Morgan fingerprint density at radius 1 is 1.04 bits per heavy atom. The van der Waals surface area contributed by atoms with E-state index in [0.717, 1.165) is 39.1 Å². The largest absolute Gasteiger partial charge is 0.497 e. The molecule has 0 fully saturated rings. The molecule has 0 aliphatic carbocycles. The van der Waals surface area contributed by atoms with Crippen molar-refractivity contribution in [3.8, 4) is 17.1 Å². The summed E-state index contributed by atoms with van der Waals surface area (Å²) >= 11 is 1.67. The molecule has 0 amide bonds. The Morgan fingerprint density at radius 2 is 1.80 bits per heavy atom. The maximum absolute atomic E-state index is 5.25. The fraction of sp³-hybridized carbons (Fsp3) is 0.211. The second-order valence-corrected chi connectivity index (χ2v) is 7.21. The zero-order valence-electron chi connectivity index (χ0n) is 14.3. The summed E-state index contributed by atoms with van der Waals surface area (Å²) in [5, 5.41) is 14.6. The third-order valence-electron chi connectivity index (χ3n) is 4.26. The van der Waals surface area contributed by atoms with Crippen molar-refractivity contribution in [1.82, 2.24) is 14.9 Å². The van der Waals surface area contributed by atoms with Gasteiger partial charge in [0, 0.05) is 5.56 Å². The maximum atomic E-state index is 5.25. The zero-order chi connectivity index (χ0) is 17.4. The van der Waals surface area contributed by atoms with Crippen molar-refractivity contribution in [3.05, 3.63) is 59.7 Å². The minimum absolute atomic E-state index is 0.204. The van der Waals surface area contributed by atoms with Crippen LogP contribution < -0.4 is 4.74 Å². The number of hydrogen-bond donors (Lipinski definition) is 0. The molecule has 6 heteroatoms. The van der Waals surface area contributed by atoms with Crippen LogP contribution in [0.2, 0.25) is 0 Å². The molecular weight excluding hydrogens is 332 g/mol. The Hall–Kier alpha value is -2.60. The molecule has 126 valence electrons. The van der Waals surface area contributed by atoms with Gasteiger partial charge in [0.1, 0.15) is 5.75 Å². The Morgan fingerprint density at radius 3 is 2.52 bits per heavy atom. The molecule has 0 saturated heterocycles. The van der Waals surface area contributed by atoms with Crippen LogP contribution in [0.3, 0.4) is 0 Å². The monoisotopic (exact) mass is 350 g/mol. The van der Waals surface area contributed by atoms with Crippen LogP contribution in [0.4, 0.5) is 0 Å². The first-order chi connectivity index (χ1) is 12.2. The molecule has 5 nitrogen and oxygen atoms in total. The quantitative estimate of drug-likeness (QED) is 0.716. The third kappa shape index (κ3) is 2.82. The molecule has 1 atom stereocenters. The molecule has 0 saturated carbocycles. The fourth-order valence-electron chi connectivity index (χ4n) is 2.88. The van der Waals surface area contributed by atoms with E-state index >= 15 is 0 Å². The number of rotatable bonds is 3. The average molecular weight is 350 g/mol. The summed E-state index contributed by atoms with van der Waals surface area (Å²) in [6.45, 7) is 4.21. The van der Waals surface area contributed by atoms with Crippen LogP contribution in [0.25, 0.3) is 11.4 Å². The highest BCUT2D eigenvalue weighted by Crippen LogP contribution is 2.33. The Balaban J connectivity index is 1.81. The molecule has 4 rings (SSSR count). The molecule has 25 heavy (non-hydrogen) atoms. The number of hydrogen-bond acceptors (Lipinski definition) is 5. The number of benzene rings is 2. The van der Waals surface area contributed by atoms with Gasteiger partial charge in [-0.25, -0.2) is 0 Å². The smallest absolute Gasteiger partial charge is 0.213 e. The van der Waals surface area contributed by atoms with Gasteiger partial charge >= 0.3 is 0 Å². The first kappa shape index (κ1) is 15.9. The number of nitrogens with zero attached hydrogens (tertiary/aromatic N) is 4. The van der Waals surface area contributed by atoms with Crippen molar-refractivity contribution < 1.29 is 4.74 Å². The van der Waals surface area contributed by atoms with Gasteiger partial charge in [-0.15, -0.1) is 10.2 Å². The van der Waals surface area contributed by atoms with E-state index in [1.54, 1.807) is 18.9 Å². The van der Waals surface area contributed by atoms with Gasteiger partial charge in [-0.1, -0.05) is 36.0 Å². The second kappa shape index (κ2) is 6.37. The lowest BCUT2D eigenvalue weighted by Crippen LogP contribution is -2.21. The van der Waals surface area contributed by atoms with Crippen LogP contribution in [0.5, 0.6) is 5.75 Å². The van der Waals surface area contributed by atoms with Gasteiger partial charge in [0.25, 0.3) is 0 Å². The van der Waals surface area contributed by atoms with E-state index in [9.17, 15) is 0 Å². The molecule has 0 radical (unpaired) electrons. The van der Waals surface area contributed by atoms with Crippen molar-refractivity contribution >= 4 is 17.5 Å². The summed E-state index contributed by atoms with van der Waals surface area (Å²) in [4.78, 5) is 0. The molecule has 0 unspecified atom stereocenters. The lowest BCUT2D eigenvalue weighted by Gasteiger charge is -2.20. The van der Waals surface area contributed by atoms with Gasteiger partial charge in [0.15, 0.2) is 5.82 Å². The highest BCUT2D eigenvalue weighted by molar-refractivity contribution is 8.00. The Kier molecular flexibility index (Phi) is 4.05. The predicted octanol–water partition coefficient (Wildman–Crippen LogP) is 4.01.